The van der Waals surface area contributed by atoms with Crippen LogP contribution in [0.15, 0.2) is 10.9 Å². The average Bonchev–Trinajstić information content (AvgIpc) is 3.05. The van der Waals surface area contributed by atoms with Gasteiger partial charge in [0.1, 0.15) is 6.61 Å². The lowest BCUT2D eigenvalue weighted by molar-refractivity contribution is -0.142. The predicted octanol–water partition coefficient (Wildman–Crippen LogP) is 0.303. The van der Waals surface area contributed by atoms with Gasteiger partial charge in [-0.2, -0.15) is 4.98 Å². The molecule has 22 heavy (non-hydrogen) atoms. The van der Waals surface area contributed by atoms with E-state index >= 15 is 0 Å². The molecule has 1 aliphatic rings. The van der Waals surface area contributed by atoms with E-state index in [9.17, 15) is 9.59 Å². The number of hydrogen-bond acceptors (Lipinski definition) is 6. The number of rotatable bonds is 6. The molecular weight excluding hydrogens is 288 g/mol. The highest BCUT2D eigenvalue weighted by atomic mass is 16.5. The molecule has 8 heteroatoms. The third kappa shape index (κ3) is 4.27. The fraction of sp³-hybridized carbons (Fsp3) is 0.714. The number of piperidine rings is 1. The first-order valence-corrected chi connectivity index (χ1v) is 7.47. The number of carbonyl (C=O) groups excluding carboxylic acids is 2. The predicted molar refractivity (Wildman–Crippen MR) is 76.6 cm³/mol. The molecule has 0 radical (unpaired) electrons. The molecule has 1 saturated heterocycles. The van der Waals surface area contributed by atoms with Gasteiger partial charge in [-0.3, -0.25) is 9.59 Å². The van der Waals surface area contributed by atoms with Crippen molar-refractivity contribution in [2.75, 3.05) is 33.4 Å². The van der Waals surface area contributed by atoms with Gasteiger partial charge in [0.15, 0.2) is 5.82 Å². The number of likely N-dealkylation sites (tertiary alicyclic amines) is 1. The van der Waals surface area contributed by atoms with Crippen LogP contribution in [0.4, 0.5) is 0 Å². The van der Waals surface area contributed by atoms with Gasteiger partial charge in [0, 0.05) is 32.7 Å². The Morgan fingerprint density at radius 2 is 2.18 bits per heavy atom. The fourth-order valence-corrected chi connectivity index (χ4v) is 2.52. The van der Waals surface area contributed by atoms with Crippen molar-refractivity contribution in [1.82, 2.24) is 19.9 Å². The maximum absolute atomic E-state index is 12.4. The smallest absolute Gasteiger partial charge is 0.248 e. The molecule has 0 aliphatic carbocycles. The Balaban J connectivity index is 1.78. The molecule has 0 saturated carbocycles. The molecule has 1 aromatic rings. The Bertz CT molecular complexity index is 483. The van der Waals surface area contributed by atoms with E-state index in [2.05, 4.69) is 14.7 Å². The third-order valence-corrected chi connectivity index (χ3v) is 3.79. The molecule has 0 aromatic carbocycles. The second-order valence-electron chi connectivity index (χ2n) is 5.33. The minimum atomic E-state index is -0.0620. The molecule has 0 bridgehead atoms. The summed E-state index contributed by atoms with van der Waals surface area (Å²) in [5.41, 5.74) is 0. The van der Waals surface area contributed by atoms with Gasteiger partial charge in [0.05, 0.1) is 6.54 Å². The molecule has 0 unspecified atom stereocenters. The van der Waals surface area contributed by atoms with E-state index in [-0.39, 0.29) is 24.3 Å². The highest BCUT2D eigenvalue weighted by Gasteiger charge is 2.29. The van der Waals surface area contributed by atoms with Gasteiger partial charge >= 0.3 is 0 Å². The van der Waals surface area contributed by atoms with Crippen LogP contribution in [0.3, 0.4) is 0 Å². The maximum Gasteiger partial charge on any atom is 0.248 e. The quantitative estimate of drug-likeness (QED) is 0.751. The number of ether oxygens (including phenoxy) is 1. The summed E-state index contributed by atoms with van der Waals surface area (Å²) in [5.74, 6) is 0.475. The van der Waals surface area contributed by atoms with Crippen molar-refractivity contribution in [3.05, 3.63) is 12.2 Å². The lowest BCUT2D eigenvalue weighted by atomic mass is 9.95. The fourth-order valence-electron chi connectivity index (χ4n) is 2.52. The number of amides is 2. The molecule has 2 amide bonds. The van der Waals surface area contributed by atoms with Gasteiger partial charge in [-0.25, -0.2) is 0 Å². The van der Waals surface area contributed by atoms with Crippen molar-refractivity contribution in [3.63, 3.8) is 0 Å². The van der Waals surface area contributed by atoms with Gasteiger partial charge in [-0.05, 0) is 19.8 Å². The van der Waals surface area contributed by atoms with Crippen LogP contribution >= 0.6 is 0 Å². The van der Waals surface area contributed by atoms with E-state index in [0.717, 1.165) is 0 Å². The standard InChI is InChI=1S/C14H22N4O4/c1-3-21-9-13(19)18-6-4-11(5-7-18)14(20)17(2)8-12-15-10-22-16-12/h10-11H,3-9H2,1-2H3. The Morgan fingerprint density at radius 3 is 2.77 bits per heavy atom. The van der Waals surface area contributed by atoms with E-state index in [0.29, 0.717) is 44.9 Å². The summed E-state index contributed by atoms with van der Waals surface area (Å²) in [4.78, 5) is 31.5. The largest absolute Gasteiger partial charge is 0.372 e. The third-order valence-electron chi connectivity index (χ3n) is 3.79. The first-order chi connectivity index (χ1) is 10.6. The van der Waals surface area contributed by atoms with Gasteiger partial charge in [0.2, 0.25) is 18.2 Å². The lowest BCUT2D eigenvalue weighted by Crippen LogP contribution is -2.44. The van der Waals surface area contributed by atoms with Gasteiger partial charge < -0.3 is 19.1 Å². The molecule has 1 aliphatic heterocycles. The first kappa shape index (κ1) is 16.4. The molecule has 0 atom stereocenters. The van der Waals surface area contributed by atoms with E-state index in [4.69, 9.17) is 4.74 Å². The van der Waals surface area contributed by atoms with E-state index < -0.39 is 0 Å². The normalized spacial score (nSPS) is 15.8. The molecule has 2 heterocycles. The van der Waals surface area contributed by atoms with Crippen molar-refractivity contribution in [2.45, 2.75) is 26.3 Å². The molecule has 1 aromatic heterocycles. The molecule has 8 nitrogen and oxygen atoms in total. The van der Waals surface area contributed by atoms with Gasteiger partial charge in [0.25, 0.3) is 0 Å². The molecule has 2 rings (SSSR count). The Morgan fingerprint density at radius 1 is 1.45 bits per heavy atom. The zero-order chi connectivity index (χ0) is 15.9. The molecule has 0 spiro atoms. The topological polar surface area (TPSA) is 88.8 Å². The zero-order valence-electron chi connectivity index (χ0n) is 13.0. The Kier molecular flexibility index (Phi) is 5.88. The minimum Gasteiger partial charge on any atom is -0.372 e. The van der Waals surface area contributed by atoms with Crippen LogP contribution in [0.5, 0.6) is 0 Å². The highest BCUT2D eigenvalue weighted by molar-refractivity contribution is 5.80. The second-order valence-corrected chi connectivity index (χ2v) is 5.33. The number of carbonyl (C=O) groups is 2. The van der Waals surface area contributed by atoms with Crippen molar-refractivity contribution >= 4 is 11.8 Å². The van der Waals surface area contributed by atoms with Gasteiger partial charge in [-0.1, -0.05) is 5.16 Å². The summed E-state index contributed by atoms with van der Waals surface area (Å²) in [6.45, 7) is 4.03. The Labute approximate surface area is 129 Å². The average molecular weight is 310 g/mol. The number of nitrogens with zero attached hydrogens (tertiary/aromatic N) is 4. The summed E-state index contributed by atoms with van der Waals surface area (Å²) < 4.78 is 9.79. The minimum absolute atomic E-state index is 0.00657. The monoisotopic (exact) mass is 310 g/mol. The van der Waals surface area contributed by atoms with Crippen LogP contribution in [0.2, 0.25) is 0 Å². The van der Waals surface area contributed by atoms with E-state index in [1.54, 1.807) is 16.8 Å². The number of aromatic nitrogens is 2. The maximum atomic E-state index is 12.4. The molecule has 1 fully saturated rings. The summed E-state index contributed by atoms with van der Waals surface area (Å²) in [6.07, 6.45) is 2.59. The molecular formula is C14H22N4O4. The number of hydrogen-bond donors (Lipinski definition) is 0. The summed E-state index contributed by atoms with van der Waals surface area (Å²) >= 11 is 0. The second kappa shape index (κ2) is 7.88. The van der Waals surface area contributed by atoms with Crippen molar-refractivity contribution in [3.8, 4) is 0 Å². The summed E-state index contributed by atoms with van der Waals surface area (Å²) in [7, 11) is 1.73. The van der Waals surface area contributed by atoms with Crippen molar-refractivity contribution in [2.24, 2.45) is 5.92 Å². The van der Waals surface area contributed by atoms with Gasteiger partial charge in [-0.15, -0.1) is 0 Å². The van der Waals surface area contributed by atoms with Crippen LogP contribution in [0.25, 0.3) is 0 Å². The van der Waals surface area contributed by atoms with Crippen LogP contribution < -0.4 is 0 Å². The highest BCUT2D eigenvalue weighted by Crippen LogP contribution is 2.20. The Hall–Kier alpha value is -1.96. The van der Waals surface area contributed by atoms with Crippen LogP contribution in [-0.4, -0.2) is 65.1 Å². The van der Waals surface area contributed by atoms with E-state index in [1.165, 1.54) is 6.39 Å². The lowest BCUT2D eigenvalue weighted by Gasteiger charge is -2.33. The molecule has 0 N–H and O–H groups in total. The van der Waals surface area contributed by atoms with Crippen LogP contribution in [0.1, 0.15) is 25.6 Å². The molecule has 122 valence electrons. The summed E-state index contributed by atoms with van der Waals surface area (Å²) in [6, 6.07) is 0. The summed E-state index contributed by atoms with van der Waals surface area (Å²) in [5, 5.41) is 3.70. The van der Waals surface area contributed by atoms with Crippen molar-refractivity contribution in [1.29, 1.82) is 0 Å². The van der Waals surface area contributed by atoms with E-state index in [1.807, 2.05) is 6.92 Å². The van der Waals surface area contributed by atoms with Crippen LogP contribution in [0, 0.1) is 5.92 Å². The SMILES string of the molecule is CCOCC(=O)N1CCC(C(=O)N(C)Cc2ncon2)CC1. The first-order valence-electron chi connectivity index (χ1n) is 7.47. The van der Waals surface area contributed by atoms with Crippen LogP contribution in [-0.2, 0) is 20.9 Å². The van der Waals surface area contributed by atoms with Crippen molar-refractivity contribution < 1.29 is 18.8 Å². The zero-order valence-corrected chi connectivity index (χ0v) is 13.0.